The minimum atomic E-state index is -1.05. The third-order valence-corrected chi connectivity index (χ3v) is 8.84. The molecule has 3 atom stereocenters. The highest BCUT2D eigenvalue weighted by molar-refractivity contribution is 7.99. The number of hydrogen-bond donors (Lipinski definition) is 2. The average Bonchev–Trinajstić information content (AvgIpc) is 3.05. The van der Waals surface area contributed by atoms with Crippen molar-refractivity contribution in [3.63, 3.8) is 0 Å². The topological polar surface area (TPSA) is 95.9 Å². The van der Waals surface area contributed by atoms with Gasteiger partial charge in [0.25, 0.3) is 0 Å². The maximum Gasteiger partial charge on any atom is 0.323 e. The first-order chi connectivity index (χ1) is 17.9. The van der Waals surface area contributed by atoms with Crippen LogP contribution in [0.1, 0.15) is 62.7 Å². The number of carbonyl (C=O) groups is 3. The van der Waals surface area contributed by atoms with Crippen LogP contribution in [0.4, 0.5) is 0 Å². The Morgan fingerprint density at radius 1 is 1.14 bits per heavy atom. The molecule has 3 unspecified atom stereocenters. The number of rotatable bonds is 10. The number of nitrogens with one attached hydrogen (secondary N) is 1. The molecular weight excluding hydrogens is 488 g/mol. The van der Waals surface area contributed by atoms with Crippen molar-refractivity contribution in [1.82, 2.24) is 10.2 Å². The average molecular weight is 527 g/mol. The highest BCUT2D eigenvalue weighted by atomic mass is 32.2. The van der Waals surface area contributed by atoms with Crippen molar-refractivity contribution in [1.29, 1.82) is 0 Å². The summed E-state index contributed by atoms with van der Waals surface area (Å²) in [7, 11) is 0. The summed E-state index contributed by atoms with van der Waals surface area (Å²) in [6.07, 6.45) is 7.66. The van der Waals surface area contributed by atoms with Gasteiger partial charge in [-0.3, -0.25) is 19.7 Å². The van der Waals surface area contributed by atoms with Crippen LogP contribution in [0.3, 0.4) is 0 Å². The van der Waals surface area contributed by atoms with E-state index in [9.17, 15) is 19.5 Å². The minimum absolute atomic E-state index is 0.0667. The van der Waals surface area contributed by atoms with Gasteiger partial charge in [0.15, 0.2) is 0 Å². The standard InChI is InChI=1S/C29H38N2O5S/c1-2-36-29(35)24(15-12-20-8-4-3-5-9-20)30-25-19-37-26(17-31(28(25)34)18-27(32)33)23-14-13-21-10-6-7-11-22(21)16-23/h6-7,10-11,13-14,16,20,24-26,30H,2-5,8-9,12,15,17-19H2,1H3,(H,32,33). The fourth-order valence-electron chi connectivity index (χ4n) is 5.51. The number of esters is 1. The molecule has 0 aromatic heterocycles. The van der Waals surface area contributed by atoms with E-state index < -0.39 is 18.1 Å². The van der Waals surface area contributed by atoms with E-state index in [1.165, 1.54) is 37.0 Å². The first-order valence-corrected chi connectivity index (χ1v) is 14.5. The van der Waals surface area contributed by atoms with E-state index in [4.69, 9.17) is 4.74 Å². The van der Waals surface area contributed by atoms with Gasteiger partial charge in [0.05, 0.1) is 12.6 Å². The number of benzene rings is 2. The van der Waals surface area contributed by atoms with Crippen molar-refractivity contribution >= 4 is 40.4 Å². The molecule has 2 aliphatic rings. The van der Waals surface area contributed by atoms with Crippen LogP contribution in [0, 0.1) is 5.92 Å². The van der Waals surface area contributed by atoms with Gasteiger partial charge in [-0.05, 0) is 48.1 Å². The first kappa shape index (κ1) is 27.5. The zero-order valence-electron chi connectivity index (χ0n) is 21.6. The van der Waals surface area contributed by atoms with Crippen molar-refractivity contribution in [3.8, 4) is 0 Å². The molecule has 0 radical (unpaired) electrons. The van der Waals surface area contributed by atoms with Crippen LogP contribution in [0.5, 0.6) is 0 Å². The Balaban J connectivity index is 1.51. The van der Waals surface area contributed by atoms with E-state index in [-0.39, 0.29) is 30.3 Å². The Hall–Kier alpha value is -2.58. The highest BCUT2D eigenvalue weighted by Crippen LogP contribution is 2.35. The Morgan fingerprint density at radius 2 is 1.89 bits per heavy atom. The summed E-state index contributed by atoms with van der Waals surface area (Å²) in [6, 6.07) is 13.1. The van der Waals surface area contributed by atoms with Crippen LogP contribution in [0.25, 0.3) is 10.8 Å². The fourth-order valence-corrected chi connectivity index (χ4v) is 6.80. The second-order valence-corrected chi connectivity index (χ2v) is 11.4. The lowest BCUT2D eigenvalue weighted by Crippen LogP contribution is -2.53. The van der Waals surface area contributed by atoms with Gasteiger partial charge in [0.2, 0.25) is 5.91 Å². The van der Waals surface area contributed by atoms with Crippen molar-refractivity contribution in [2.24, 2.45) is 5.92 Å². The summed E-state index contributed by atoms with van der Waals surface area (Å²) in [6.45, 7) is 2.00. The number of nitrogens with zero attached hydrogens (tertiary/aromatic N) is 1. The lowest BCUT2D eigenvalue weighted by atomic mass is 9.85. The number of carbonyl (C=O) groups excluding carboxylic acids is 2. The Kier molecular flexibility index (Phi) is 9.86. The van der Waals surface area contributed by atoms with E-state index in [2.05, 4.69) is 35.6 Å². The number of aliphatic carboxylic acids is 1. The highest BCUT2D eigenvalue weighted by Gasteiger charge is 2.36. The molecule has 2 aromatic rings. The normalized spacial score (nSPS) is 22.0. The summed E-state index contributed by atoms with van der Waals surface area (Å²) < 4.78 is 5.35. The number of ether oxygens (including phenoxy) is 1. The Morgan fingerprint density at radius 3 is 2.62 bits per heavy atom. The molecular formula is C29H38N2O5S. The lowest BCUT2D eigenvalue weighted by molar-refractivity contribution is -0.148. The van der Waals surface area contributed by atoms with Crippen LogP contribution >= 0.6 is 11.8 Å². The summed E-state index contributed by atoms with van der Waals surface area (Å²) in [5, 5.41) is 15.0. The molecule has 1 aliphatic carbocycles. The van der Waals surface area contributed by atoms with Gasteiger partial charge >= 0.3 is 11.9 Å². The zero-order valence-corrected chi connectivity index (χ0v) is 22.4. The summed E-state index contributed by atoms with van der Waals surface area (Å²) in [4.78, 5) is 39.4. The molecule has 1 heterocycles. The minimum Gasteiger partial charge on any atom is -0.480 e. The molecule has 2 N–H and O–H groups in total. The predicted molar refractivity (Wildman–Crippen MR) is 147 cm³/mol. The van der Waals surface area contributed by atoms with Gasteiger partial charge in [-0.1, -0.05) is 68.5 Å². The quantitative estimate of drug-likeness (QED) is 0.430. The van der Waals surface area contributed by atoms with Gasteiger partial charge in [-0.25, -0.2) is 0 Å². The Bertz CT molecular complexity index is 1090. The SMILES string of the molecule is CCOC(=O)C(CCC1CCCCC1)NC1CSC(c2ccc3ccccc3c2)CN(CC(=O)O)C1=O. The van der Waals surface area contributed by atoms with Gasteiger partial charge in [-0.15, -0.1) is 11.8 Å². The van der Waals surface area contributed by atoms with Crippen LogP contribution in [0.2, 0.25) is 0 Å². The molecule has 200 valence electrons. The maximum absolute atomic E-state index is 13.5. The van der Waals surface area contributed by atoms with Crippen LogP contribution in [-0.4, -0.2) is 65.4 Å². The number of carboxylic acid groups (broad SMARTS) is 1. The van der Waals surface area contributed by atoms with Gasteiger partial charge in [0.1, 0.15) is 12.6 Å². The number of fused-ring (bicyclic) bond motifs is 1. The van der Waals surface area contributed by atoms with Crippen LogP contribution < -0.4 is 5.32 Å². The third-order valence-electron chi connectivity index (χ3n) is 7.49. The second-order valence-electron chi connectivity index (χ2n) is 10.1. The molecule has 0 spiro atoms. The predicted octanol–water partition coefficient (Wildman–Crippen LogP) is 4.79. The largest absolute Gasteiger partial charge is 0.480 e. The summed E-state index contributed by atoms with van der Waals surface area (Å²) in [5.74, 6) is -0.601. The monoisotopic (exact) mass is 526 g/mol. The zero-order chi connectivity index (χ0) is 26.2. The molecule has 8 heteroatoms. The maximum atomic E-state index is 13.5. The Labute approximate surface area is 223 Å². The number of carboxylic acids is 1. The molecule has 0 bridgehead atoms. The number of thioether (sulfide) groups is 1. The van der Waals surface area contributed by atoms with Crippen molar-refractivity contribution < 1.29 is 24.2 Å². The van der Waals surface area contributed by atoms with Crippen molar-refractivity contribution in [2.45, 2.75) is 69.2 Å². The fraction of sp³-hybridized carbons (Fsp3) is 0.552. The second kappa shape index (κ2) is 13.3. The smallest absolute Gasteiger partial charge is 0.323 e. The number of amides is 1. The molecule has 7 nitrogen and oxygen atoms in total. The molecule has 1 amide bonds. The van der Waals surface area contributed by atoms with Crippen molar-refractivity contribution in [2.75, 3.05) is 25.4 Å². The number of hydrogen-bond acceptors (Lipinski definition) is 6. The van der Waals surface area contributed by atoms with E-state index in [1.54, 1.807) is 18.7 Å². The van der Waals surface area contributed by atoms with E-state index in [0.717, 1.165) is 22.8 Å². The van der Waals surface area contributed by atoms with E-state index >= 15 is 0 Å². The molecule has 4 rings (SSSR count). The molecule has 1 saturated heterocycles. The third kappa shape index (κ3) is 7.48. The van der Waals surface area contributed by atoms with E-state index in [1.807, 2.05) is 12.1 Å². The van der Waals surface area contributed by atoms with Gasteiger partial charge < -0.3 is 14.7 Å². The summed E-state index contributed by atoms with van der Waals surface area (Å²) >= 11 is 1.63. The molecule has 37 heavy (non-hydrogen) atoms. The molecule has 1 aliphatic heterocycles. The molecule has 2 fully saturated rings. The lowest BCUT2D eigenvalue weighted by Gasteiger charge is -2.28. The van der Waals surface area contributed by atoms with Crippen LogP contribution in [0.15, 0.2) is 42.5 Å². The van der Waals surface area contributed by atoms with Gasteiger partial charge in [0, 0.05) is 17.5 Å². The first-order valence-electron chi connectivity index (χ1n) is 13.5. The van der Waals surface area contributed by atoms with Crippen LogP contribution in [-0.2, 0) is 19.1 Å². The van der Waals surface area contributed by atoms with Gasteiger partial charge in [-0.2, -0.15) is 0 Å². The molecule has 1 saturated carbocycles. The molecule has 2 aromatic carbocycles. The van der Waals surface area contributed by atoms with E-state index in [0.29, 0.717) is 24.6 Å². The van der Waals surface area contributed by atoms with Crippen molar-refractivity contribution in [3.05, 3.63) is 48.0 Å². The summed E-state index contributed by atoms with van der Waals surface area (Å²) in [5.41, 5.74) is 1.06.